The van der Waals surface area contributed by atoms with E-state index < -0.39 is 0 Å². The maximum atomic E-state index is 12.5. The van der Waals surface area contributed by atoms with E-state index in [1.54, 1.807) is 35.4 Å². The second-order valence-corrected chi connectivity index (χ2v) is 6.11. The zero-order valence-electron chi connectivity index (χ0n) is 13.3. The van der Waals surface area contributed by atoms with Gasteiger partial charge in [0, 0.05) is 36.8 Å². The van der Waals surface area contributed by atoms with Gasteiger partial charge in [-0.1, -0.05) is 5.92 Å². The van der Waals surface area contributed by atoms with Crippen molar-refractivity contribution in [3.8, 4) is 23.5 Å². The molecule has 0 spiro atoms. The molecule has 0 bridgehead atoms. The van der Waals surface area contributed by atoms with E-state index in [-0.39, 0.29) is 11.6 Å². The van der Waals surface area contributed by atoms with Crippen LogP contribution in [0, 0.1) is 12.3 Å². The van der Waals surface area contributed by atoms with E-state index in [0.717, 1.165) is 11.1 Å². The number of hydrogen-bond donors (Lipinski definition) is 0. The summed E-state index contributed by atoms with van der Waals surface area (Å²) in [6, 6.07) is 1.73. The van der Waals surface area contributed by atoms with Crippen LogP contribution in [0.4, 0.5) is 10.6 Å². The lowest BCUT2D eigenvalue weighted by Crippen LogP contribution is -2.38. The van der Waals surface area contributed by atoms with E-state index in [0.29, 0.717) is 17.9 Å². The molecule has 2 aromatic rings. The molecule has 116 valence electrons. The van der Waals surface area contributed by atoms with Gasteiger partial charge in [-0.05, 0) is 19.9 Å². The Labute approximate surface area is 135 Å². The van der Waals surface area contributed by atoms with Crippen molar-refractivity contribution < 1.29 is 4.79 Å². The van der Waals surface area contributed by atoms with Crippen LogP contribution in [-0.4, -0.2) is 45.0 Å². The van der Waals surface area contributed by atoms with Crippen LogP contribution in [-0.2, 0) is 0 Å². The third kappa shape index (κ3) is 2.50. The summed E-state index contributed by atoms with van der Waals surface area (Å²) in [6.45, 7) is 4.56. The molecule has 2 aromatic heterocycles. The van der Waals surface area contributed by atoms with Crippen molar-refractivity contribution >= 4 is 11.8 Å². The fourth-order valence-electron chi connectivity index (χ4n) is 2.55. The molecule has 1 aliphatic rings. The van der Waals surface area contributed by atoms with Crippen LogP contribution < -0.4 is 4.90 Å². The third-order valence-corrected chi connectivity index (χ3v) is 4.14. The van der Waals surface area contributed by atoms with Crippen LogP contribution in [0.15, 0.2) is 31.0 Å². The molecule has 0 atom stereocenters. The van der Waals surface area contributed by atoms with Crippen molar-refractivity contribution in [2.45, 2.75) is 19.4 Å². The molecule has 1 saturated heterocycles. The summed E-state index contributed by atoms with van der Waals surface area (Å²) in [6.07, 6.45) is 12.2. The Hall–Kier alpha value is -2.94. The molecule has 3 rings (SSSR count). The molecule has 0 N–H and O–H groups in total. The molecule has 1 fully saturated rings. The van der Waals surface area contributed by atoms with Crippen molar-refractivity contribution in [2.24, 2.45) is 0 Å². The molecule has 1 aliphatic heterocycles. The number of carbonyl (C=O) groups is 1. The van der Waals surface area contributed by atoms with Gasteiger partial charge in [-0.3, -0.25) is 4.90 Å². The first-order chi connectivity index (χ1) is 10.9. The van der Waals surface area contributed by atoms with E-state index in [9.17, 15) is 4.79 Å². The first-order valence-corrected chi connectivity index (χ1v) is 7.21. The zero-order valence-corrected chi connectivity index (χ0v) is 13.3. The molecular formula is C17H17N5O. The molecule has 23 heavy (non-hydrogen) atoms. The van der Waals surface area contributed by atoms with Gasteiger partial charge < -0.3 is 4.90 Å². The Bertz CT molecular complexity index is 794. The number of aromatic nitrogens is 3. The number of pyridine rings is 1. The summed E-state index contributed by atoms with van der Waals surface area (Å²) >= 11 is 0. The standard InChI is InChI=1S/C17H17N5O/c1-5-12-6-13(14-7-18-11-19-8-14)9-20-15(12)22-10-17(2,3)21(4)16(22)23/h1,6-9,11H,10H2,2-4H3. The minimum absolute atomic E-state index is 0.102. The number of terminal acetylenes is 1. The van der Waals surface area contributed by atoms with Gasteiger partial charge in [-0.15, -0.1) is 6.42 Å². The molecule has 0 unspecified atom stereocenters. The second-order valence-electron chi connectivity index (χ2n) is 6.11. The predicted molar refractivity (Wildman–Crippen MR) is 87.8 cm³/mol. The number of rotatable bonds is 2. The summed E-state index contributed by atoms with van der Waals surface area (Å²) in [4.78, 5) is 28.2. The van der Waals surface area contributed by atoms with Gasteiger partial charge in [0.2, 0.25) is 0 Å². The van der Waals surface area contributed by atoms with E-state index in [1.165, 1.54) is 6.33 Å². The first kappa shape index (κ1) is 15.0. The molecule has 6 nitrogen and oxygen atoms in total. The van der Waals surface area contributed by atoms with Gasteiger partial charge in [0.25, 0.3) is 0 Å². The van der Waals surface area contributed by atoms with Gasteiger partial charge in [-0.2, -0.15) is 0 Å². The van der Waals surface area contributed by atoms with Crippen molar-refractivity contribution in [1.29, 1.82) is 0 Å². The lowest BCUT2D eigenvalue weighted by atomic mass is 10.1. The average Bonchev–Trinajstić information content (AvgIpc) is 2.78. The van der Waals surface area contributed by atoms with Crippen LogP contribution >= 0.6 is 0 Å². The highest BCUT2D eigenvalue weighted by molar-refractivity contribution is 5.95. The number of carbonyl (C=O) groups excluding carboxylic acids is 1. The number of likely N-dealkylation sites (N-methyl/N-ethyl adjacent to an activating group) is 1. The highest BCUT2D eigenvalue weighted by Gasteiger charge is 2.42. The highest BCUT2D eigenvalue weighted by Crippen LogP contribution is 2.31. The van der Waals surface area contributed by atoms with Crippen LogP contribution in [0.25, 0.3) is 11.1 Å². The Balaban J connectivity index is 2.02. The minimum Gasteiger partial charge on any atom is -0.320 e. The number of hydrogen-bond acceptors (Lipinski definition) is 4. The largest absolute Gasteiger partial charge is 0.326 e. The smallest absolute Gasteiger partial charge is 0.320 e. The van der Waals surface area contributed by atoms with Crippen molar-refractivity contribution in [3.05, 3.63) is 36.5 Å². The normalized spacial score (nSPS) is 16.5. The van der Waals surface area contributed by atoms with Crippen molar-refractivity contribution in [2.75, 3.05) is 18.5 Å². The van der Waals surface area contributed by atoms with Crippen LogP contribution in [0.2, 0.25) is 0 Å². The van der Waals surface area contributed by atoms with Crippen molar-refractivity contribution in [1.82, 2.24) is 19.9 Å². The van der Waals surface area contributed by atoms with Gasteiger partial charge in [0.15, 0.2) is 5.82 Å². The van der Waals surface area contributed by atoms with E-state index in [1.807, 2.05) is 19.9 Å². The highest BCUT2D eigenvalue weighted by atomic mass is 16.2. The molecule has 0 aromatic carbocycles. The second kappa shape index (κ2) is 5.36. The molecule has 0 radical (unpaired) electrons. The minimum atomic E-state index is -0.267. The van der Waals surface area contributed by atoms with Gasteiger partial charge in [-0.25, -0.2) is 19.7 Å². The number of amides is 2. The van der Waals surface area contributed by atoms with E-state index in [4.69, 9.17) is 6.42 Å². The SMILES string of the molecule is C#Cc1cc(-c2cncnc2)cnc1N1CC(C)(C)N(C)C1=O. The average molecular weight is 307 g/mol. The van der Waals surface area contributed by atoms with Crippen LogP contribution in [0.5, 0.6) is 0 Å². The fraction of sp³-hybridized carbons (Fsp3) is 0.294. The summed E-state index contributed by atoms with van der Waals surface area (Å²) < 4.78 is 0. The molecule has 0 aliphatic carbocycles. The van der Waals surface area contributed by atoms with Gasteiger partial charge >= 0.3 is 6.03 Å². The molecule has 6 heteroatoms. The Kier molecular flexibility index (Phi) is 3.49. The maximum Gasteiger partial charge on any atom is 0.326 e. The number of anilines is 1. The number of urea groups is 1. The third-order valence-electron chi connectivity index (χ3n) is 4.14. The summed E-state index contributed by atoms with van der Waals surface area (Å²) in [5, 5.41) is 0. The number of nitrogens with zero attached hydrogens (tertiary/aromatic N) is 5. The quantitative estimate of drug-likeness (QED) is 0.798. The van der Waals surface area contributed by atoms with Gasteiger partial charge in [0.05, 0.1) is 17.6 Å². The van der Waals surface area contributed by atoms with E-state index in [2.05, 4.69) is 20.9 Å². The van der Waals surface area contributed by atoms with Gasteiger partial charge in [0.1, 0.15) is 6.33 Å². The van der Waals surface area contributed by atoms with E-state index >= 15 is 0 Å². The lowest BCUT2D eigenvalue weighted by Gasteiger charge is -2.24. The molecule has 2 amide bonds. The van der Waals surface area contributed by atoms with Crippen LogP contribution in [0.1, 0.15) is 19.4 Å². The topological polar surface area (TPSA) is 62.2 Å². The first-order valence-electron chi connectivity index (χ1n) is 7.21. The molecular weight excluding hydrogens is 290 g/mol. The summed E-state index contributed by atoms with van der Waals surface area (Å²) in [5.41, 5.74) is 1.96. The molecule has 3 heterocycles. The zero-order chi connectivity index (χ0) is 16.6. The summed E-state index contributed by atoms with van der Waals surface area (Å²) in [5.74, 6) is 3.14. The van der Waals surface area contributed by atoms with Crippen molar-refractivity contribution in [3.63, 3.8) is 0 Å². The molecule has 0 saturated carbocycles. The predicted octanol–water partition coefficient (Wildman–Crippen LogP) is 2.17. The monoisotopic (exact) mass is 307 g/mol. The Morgan fingerprint density at radius 1 is 1.22 bits per heavy atom. The Morgan fingerprint density at radius 3 is 2.48 bits per heavy atom. The summed E-state index contributed by atoms with van der Waals surface area (Å²) in [7, 11) is 1.79. The fourth-order valence-corrected chi connectivity index (χ4v) is 2.55. The maximum absolute atomic E-state index is 12.5. The lowest BCUT2D eigenvalue weighted by molar-refractivity contribution is 0.198. The van der Waals surface area contributed by atoms with Crippen LogP contribution in [0.3, 0.4) is 0 Å². The Morgan fingerprint density at radius 2 is 1.91 bits per heavy atom.